The molecule has 0 amide bonds. The fourth-order valence-electron chi connectivity index (χ4n) is 2.95. The average molecular weight is 346 g/mol. The molecular formula is C16H22N6O3. The number of piperazine rings is 1. The van der Waals surface area contributed by atoms with Gasteiger partial charge in [0.25, 0.3) is 11.1 Å². The van der Waals surface area contributed by atoms with Crippen molar-refractivity contribution in [1.29, 1.82) is 0 Å². The molecule has 1 fully saturated rings. The molecule has 9 nitrogen and oxygen atoms in total. The quantitative estimate of drug-likeness (QED) is 0.744. The second kappa shape index (κ2) is 7.06. The third-order valence-corrected chi connectivity index (χ3v) is 4.49. The van der Waals surface area contributed by atoms with Crippen molar-refractivity contribution in [2.75, 3.05) is 37.6 Å². The highest BCUT2D eigenvalue weighted by Gasteiger charge is 2.18. The van der Waals surface area contributed by atoms with E-state index in [1.807, 2.05) is 0 Å². The van der Waals surface area contributed by atoms with Gasteiger partial charge in [0, 0.05) is 64.1 Å². The molecule has 1 N–H and O–H groups in total. The van der Waals surface area contributed by atoms with Gasteiger partial charge in [-0.1, -0.05) is 0 Å². The Kier molecular flexibility index (Phi) is 4.84. The highest BCUT2D eigenvalue weighted by molar-refractivity contribution is 5.43. The summed E-state index contributed by atoms with van der Waals surface area (Å²) in [7, 11) is 1.62. The number of anilines is 1. The van der Waals surface area contributed by atoms with Gasteiger partial charge in [0.15, 0.2) is 0 Å². The van der Waals surface area contributed by atoms with Gasteiger partial charge in [-0.25, -0.2) is 9.48 Å². The lowest BCUT2D eigenvalue weighted by Gasteiger charge is -2.35. The van der Waals surface area contributed by atoms with Crippen LogP contribution in [0.5, 0.6) is 0 Å². The number of nitrogens with zero attached hydrogens (tertiary/aromatic N) is 5. The Balaban J connectivity index is 1.58. The lowest BCUT2D eigenvalue weighted by atomic mass is 10.3. The molecule has 134 valence electrons. The summed E-state index contributed by atoms with van der Waals surface area (Å²) in [4.78, 5) is 42.4. The van der Waals surface area contributed by atoms with Gasteiger partial charge in [-0.05, 0) is 6.92 Å². The number of hydrogen-bond acceptors (Lipinski definition) is 6. The van der Waals surface area contributed by atoms with Crippen molar-refractivity contribution in [3.8, 4) is 0 Å². The van der Waals surface area contributed by atoms with E-state index in [1.54, 1.807) is 26.2 Å². The Bertz CT molecular complexity index is 889. The van der Waals surface area contributed by atoms with E-state index < -0.39 is 0 Å². The van der Waals surface area contributed by atoms with Crippen molar-refractivity contribution < 1.29 is 0 Å². The lowest BCUT2D eigenvalue weighted by Crippen LogP contribution is -2.48. The standard InChI is InChI=1S/C16H22N6O3/c1-12-9-15(24)22(16(25)18-12)8-5-20-3-6-21(7-4-20)13-10-14(23)19(2)17-11-13/h9-11H,3-8H2,1-2H3,(H,18,25). The zero-order valence-corrected chi connectivity index (χ0v) is 14.4. The first-order chi connectivity index (χ1) is 11.9. The van der Waals surface area contributed by atoms with Crippen molar-refractivity contribution in [2.24, 2.45) is 7.05 Å². The number of H-pyrrole nitrogens is 1. The van der Waals surface area contributed by atoms with Gasteiger partial charge >= 0.3 is 5.69 Å². The predicted octanol–water partition coefficient (Wildman–Crippen LogP) is -1.24. The Morgan fingerprint density at radius 3 is 2.40 bits per heavy atom. The molecule has 3 rings (SSSR count). The van der Waals surface area contributed by atoms with Crippen LogP contribution in [-0.2, 0) is 13.6 Å². The van der Waals surface area contributed by atoms with Crippen molar-refractivity contribution in [2.45, 2.75) is 13.5 Å². The van der Waals surface area contributed by atoms with Gasteiger partial charge in [0.05, 0.1) is 11.9 Å². The van der Waals surface area contributed by atoms with Gasteiger partial charge in [-0.2, -0.15) is 5.10 Å². The summed E-state index contributed by atoms with van der Waals surface area (Å²) in [6, 6.07) is 3.02. The molecule has 25 heavy (non-hydrogen) atoms. The summed E-state index contributed by atoms with van der Waals surface area (Å²) in [5.74, 6) is 0. The summed E-state index contributed by atoms with van der Waals surface area (Å²) in [5, 5.41) is 4.05. The molecule has 9 heteroatoms. The van der Waals surface area contributed by atoms with Crippen LogP contribution in [0.15, 0.2) is 32.7 Å². The molecule has 1 saturated heterocycles. The molecule has 1 aliphatic heterocycles. The fraction of sp³-hybridized carbons (Fsp3) is 0.500. The maximum atomic E-state index is 11.9. The Morgan fingerprint density at radius 1 is 1.04 bits per heavy atom. The first-order valence-corrected chi connectivity index (χ1v) is 8.25. The van der Waals surface area contributed by atoms with E-state index in [9.17, 15) is 14.4 Å². The van der Waals surface area contributed by atoms with Crippen LogP contribution in [0.2, 0.25) is 0 Å². The summed E-state index contributed by atoms with van der Waals surface area (Å²) >= 11 is 0. The van der Waals surface area contributed by atoms with E-state index >= 15 is 0 Å². The molecule has 0 spiro atoms. The van der Waals surface area contributed by atoms with Crippen LogP contribution in [0.3, 0.4) is 0 Å². The largest absolute Gasteiger partial charge is 0.368 e. The molecule has 0 aliphatic carbocycles. The van der Waals surface area contributed by atoms with Crippen LogP contribution in [0.4, 0.5) is 5.69 Å². The number of aryl methyl sites for hydroxylation is 2. The average Bonchev–Trinajstić information content (AvgIpc) is 2.57. The molecular weight excluding hydrogens is 324 g/mol. The van der Waals surface area contributed by atoms with Crippen molar-refractivity contribution in [1.82, 2.24) is 24.2 Å². The molecule has 1 aliphatic rings. The van der Waals surface area contributed by atoms with E-state index in [2.05, 4.69) is 19.9 Å². The smallest absolute Gasteiger partial charge is 0.328 e. The monoisotopic (exact) mass is 346 g/mol. The summed E-state index contributed by atoms with van der Waals surface area (Å²) in [5.41, 5.74) is 0.634. The number of aromatic nitrogens is 4. The van der Waals surface area contributed by atoms with Crippen LogP contribution in [0, 0.1) is 6.92 Å². The Hall–Kier alpha value is -2.68. The zero-order valence-electron chi connectivity index (χ0n) is 14.4. The van der Waals surface area contributed by atoms with Crippen molar-refractivity contribution >= 4 is 5.69 Å². The van der Waals surface area contributed by atoms with Gasteiger partial charge in [-0.3, -0.25) is 19.1 Å². The maximum Gasteiger partial charge on any atom is 0.328 e. The minimum absolute atomic E-state index is 0.127. The number of aromatic amines is 1. The molecule has 2 aromatic heterocycles. The van der Waals surface area contributed by atoms with Gasteiger partial charge < -0.3 is 9.88 Å². The summed E-state index contributed by atoms with van der Waals surface area (Å²) in [6.45, 7) is 5.83. The molecule has 0 aromatic carbocycles. The Labute approximate surface area is 144 Å². The second-order valence-electron chi connectivity index (χ2n) is 6.25. The maximum absolute atomic E-state index is 11.9. The molecule has 3 heterocycles. The predicted molar refractivity (Wildman–Crippen MR) is 94.2 cm³/mol. The second-order valence-corrected chi connectivity index (χ2v) is 6.25. The molecule has 0 radical (unpaired) electrons. The summed E-state index contributed by atoms with van der Waals surface area (Å²) in [6.07, 6.45) is 1.70. The number of rotatable bonds is 4. The van der Waals surface area contributed by atoms with Gasteiger partial charge in [0.2, 0.25) is 0 Å². The van der Waals surface area contributed by atoms with Crippen molar-refractivity contribution in [3.05, 3.63) is 55.2 Å². The van der Waals surface area contributed by atoms with Crippen LogP contribution in [-0.4, -0.2) is 57.0 Å². The third kappa shape index (κ3) is 3.87. The zero-order chi connectivity index (χ0) is 18.0. The molecule has 0 unspecified atom stereocenters. The molecule has 0 saturated carbocycles. The lowest BCUT2D eigenvalue weighted by molar-refractivity contribution is 0.245. The number of nitrogens with one attached hydrogen (secondary N) is 1. The van der Waals surface area contributed by atoms with Crippen LogP contribution in [0.1, 0.15) is 5.69 Å². The van der Waals surface area contributed by atoms with E-state index in [0.29, 0.717) is 18.8 Å². The minimum Gasteiger partial charge on any atom is -0.368 e. The highest BCUT2D eigenvalue weighted by Crippen LogP contribution is 2.12. The van der Waals surface area contributed by atoms with Crippen molar-refractivity contribution in [3.63, 3.8) is 0 Å². The van der Waals surface area contributed by atoms with E-state index in [4.69, 9.17) is 0 Å². The van der Waals surface area contributed by atoms with Crippen LogP contribution >= 0.6 is 0 Å². The summed E-state index contributed by atoms with van der Waals surface area (Å²) < 4.78 is 2.53. The number of hydrogen-bond donors (Lipinski definition) is 1. The normalized spacial score (nSPS) is 15.5. The third-order valence-electron chi connectivity index (χ3n) is 4.49. The fourth-order valence-corrected chi connectivity index (χ4v) is 2.95. The topological polar surface area (TPSA) is 96.2 Å². The highest BCUT2D eigenvalue weighted by atomic mass is 16.2. The van der Waals surface area contributed by atoms with Gasteiger partial charge in [0.1, 0.15) is 0 Å². The Morgan fingerprint density at radius 2 is 1.76 bits per heavy atom. The first kappa shape index (κ1) is 17.2. The van der Waals surface area contributed by atoms with Crippen LogP contribution in [0.25, 0.3) is 0 Å². The van der Waals surface area contributed by atoms with Gasteiger partial charge in [-0.15, -0.1) is 0 Å². The molecule has 2 aromatic rings. The molecule has 0 bridgehead atoms. The minimum atomic E-state index is -0.366. The van der Waals surface area contributed by atoms with Crippen LogP contribution < -0.4 is 21.7 Å². The van der Waals surface area contributed by atoms with E-state index in [1.165, 1.54) is 15.3 Å². The van der Waals surface area contributed by atoms with E-state index in [-0.39, 0.29) is 16.8 Å². The SMILES string of the molecule is Cc1cc(=O)n(CCN2CCN(c3cnn(C)c(=O)c3)CC2)c(=O)[nH]1. The first-order valence-electron chi connectivity index (χ1n) is 8.25. The molecule has 0 atom stereocenters. The van der Waals surface area contributed by atoms with E-state index in [0.717, 1.165) is 31.9 Å².